The van der Waals surface area contributed by atoms with Gasteiger partial charge < -0.3 is 19.4 Å². The molecule has 8 nitrogen and oxygen atoms in total. The van der Waals surface area contributed by atoms with Crippen molar-refractivity contribution in [2.24, 2.45) is 0 Å². The molecule has 162 valence electrons. The first-order valence-corrected chi connectivity index (χ1v) is 10.5. The van der Waals surface area contributed by atoms with E-state index in [-0.39, 0.29) is 36.3 Å². The van der Waals surface area contributed by atoms with E-state index in [1.807, 2.05) is 7.05 Å². The van der Waals surface area contributed by atoms with Gasteiger partial charge in [-0.15, -0.1) is 0 Å². The Morgan fingerprint density at radius 2 is 2.06 bits per heavy atom. The number of furan rings is 1. The van der Waals surface area contributed by atoms with Gasteiger partial charge in [0.2, 0.25) is 5.91 Å². The number of rotatable bonds is 6. The molecule has 2 fully saturated rings. The third kappa shape index (κ3) is 4.72. The Hall–Kier alpha value is -3.31. The maximum absolute atomic E-state index is 12.8. The Labute approximate surface area is 181 Å². The summed E-state index contributed by atoms with van der Waals surface area (Å²) in [4.78, 5) is 29.0. The third-order valence-corrected chi connectivity index (χ3v) is 6.02. The number of carbonyl (C=O) groups excluding carboxylic acids is 2. The number of hydrogen-bond donors (Lipinski definition) is 1. The molecule has 2 aliphatic heterocycles. The number of likely N-dealkylation sites (tertiary alicyclic amines) is 2. The van der Waals surface area contributed by atoms with Crippen LogP contribution in [0.2, 0.25) is 0 Å². The number of hydrogen-bond acceptors (Lipinski definition) is 6. The van der Waals surface area contributed by atoms with Gasteiger partial charge in [0.15, 0.2) is 5.76 Å². The number of likely N-dealkylation sites (N-methyl/N-ethyl adjacent to an activating group) is 1. The molecular weight excluding hydrogens is 396 g/mol. The molecule has 0 spiro atoms. The maximum atomic E-state index is 12.8. The lowest BCUT2D eigenvalue weighted by Crippen LogP contribution is -2.50. The highest BCUT2D eigenvalue weighted by molar-refractivity contribution is 5.93. The van der Waals surface area contributed by atoms with Gasteiger partial charge in [-0.2, -0.15) is 5.26 Å². The van der Waals surface area contributed by atoms with Crippen molar-refractivity contribution in [3.63, 3.8) is 0 Å². The first-order chi connectivity index (χ1) is 15.0. The first kappa shape index (κ1) is 20.9. The quantitative estimate of drug-likeness (QED) is 0.766. The van der Waals surface area contributed by atoms with Gasteiger partial charge in [0, 0.05) is 38.3 Å². The van der Waals surface area contributed by atoms with Crippen LogP contribution < -0.4 is 10.1 Å². The highest BCUT2D eigenvalue weighted by atomic mass is 16.5. The van der Waals surface area contributed by atoms with Crippen molar-refractivity contribution in [2.75, 3.05) is 26.7 Å². The summed E-state index contributed by atoms with van der Waals surface area (Å²) in [7, 11) is 1.85. The largest absolute Gasteiger partial charge is 0.489 e. The van der Waals surface area contributed by atoms with Crippen LogP contribution in [0, 0.1) is 11.3 Å². The topological polar surface area (TPSA) is 98.8 Å². The summed E-state index contributed by atoms with van der Waals surface area (Å²) in [5.74, 6) is 0.741. The second-order valence-electron chi connectivity index (χ2n) is 8.05. The summed E-state index contributed by atoms with van der Waals surface area (Å²) in [6.45, 7) is 2.56. The summed E-state index contributed by atoms with van der Waals surface area (Å²) < 4.78 is 11.2. The molecule has 0 radical (unpaired) electrons. The van der Waals surface area contributed by atoms with E-state index in [0.717, 1.165) is 38.9 Å². The summed E-state index contributed by atoms with van der Waals surface area (Å²) in [5, 5.41) is 12.1. The second-order valence-corrected chi connectivity index (χ2v) is 8.05. The Bertz CT molecular complexity index is 987. The Morgan fingerprint density at radius 1 is 1.26 bits per heavy atom. The monoisotopic (exact) mass is 422 g/mol. The molecule has 1 N–H and O–H groups in total. The van der Waals surface area contributed by atoms with Crippen molar-refractivity contribution >= 4 is 11.8 Å². The molecule has 2 amide bonds. The van der Waals surface area contributed by atoms with Crippen molar-refractivity contribution in [1.82, 2.24) is 15.1 Å². The second kappa shape index (κ2) is 9.23. The number of ether oxygens (including phenoxy) is 1. The summed E-state index contributed by atoms with van der Waals surface area (Å²) in [6.07, 6.45) is 3.95. The number of piperidine rings is 1. The van der Waals surface area contributed by atoms with Crippen LogP contribution in [0.4, 0.5) is 0 Å². The Balaban J connectivity index is 1.29. The van der Waals surface area contributed by atoms with Crippen molar-refractivity contribution in [1.29, 1.82) is 5.26 Å². The molecular formula is C23H26N4O4. The van der Waals surface area contributed by atoms with Gasteiger partial charge in [-0.25, -0.2) is 0 Å². The lowest BCUT2D eigenvalue weighted by Gasteiger charge is -2.35. The zero-order valence-corrected chi connectivity index (χ0v) is 17.5. The third-order valence-electron chi connectivity index (χ3n) is 6.02. The molecule has 0 saturated carbocycles. The predicted molar refractivity (Wildman–Crippen MR) is 112 cm³/mol. The summed E-state index contributed by atoms with van der Waals surface area (Å²) in [6, 6.07) is 10.7. The van der Waals surface area contributed by atoms with Gasteiger partial charge in [0.1, 0.15) is 12.4 Å². The van der Waals surface area contributed by atoms with Crippen LogP contribution in [-0.2, 0) is 11.4 Å². The van der Waals surface area contributed by atoms with Crippen LogP contribution in [-0.4, -0.2) is 60.4 Å². The van der Waals surface area contributed by atoms with Gasteiger partial charge >= 0.3 is 0 Å². The van der Waals surface area contributed by atoms with Crippen LogP contribution in [0.1, 0.15) is 40.9 Å². The van der Waals surface area contributed by atoms with E-state index in [4.69, 9.17) is 14.4 Å². The summed E-state index contributed by atoms with van der Waals surface area (Å²) >= 11 is 0. The molecule has 3 heterocycles. The van der Waals surface area contributed by atoms with E-state index in [2.05, 4.69) is 16.3 Å². The molecule has 2 saturated heterocycles. The van der Waals surface area contributed by atoms with Gasteiger partial charge in [0.25, 0.3) is 5.91 Å². The van der Waals surface area contributed by atoms with Crippen molar-refractivity contribution in [2.45, 2.75) is 38.0 Å². The van der Waals surface area contributed by atoms with E-state index in [9.17, 15) is 9.59 Å². The van der Waals surface area contributed by atoms with Crippen LogP contribution in [0.5, 0.6) is 5.75 Å². The van der Waals surface area contributed by atoms with E-state index in [1.54, 1.807) is 35.2 Å². The number of nitrogens with zero attached hydrogens (tertiary/aromatic N) is 3. The fraction of sp³-hybridized carbons (Fsp3) is 0.435. The van der Waals surface area contributed by atoms with Crippen LogP contribution in [0.25, 0.3) is 0 Å². The molecule has 1 aromatic heterocycles. The minimum atomic E-state index is -0.260. The first-order valence-electron chi connectivity index (χ1n) is 10.5. The average molecular weight is 422 g/mol. The van der Waals surface area contributed by atoms with E-state index < -0.39 is 0 Å². The number of amides is 2. The number of nitriles is 1. The maximum Gasteiger partial charge on any atom is 0.287 e. The summed E-state index contributed by atoms with van der Waals surface area (Å²) in [5.41, 5.74) is 1.16. The number of benzene rings is 1. The Kier molecular flexibility index (Phi) is 6.23. The van der Waals surface area contributed by atoms with E-state index in [0.29, 0.717) is 16.9 Å². The minimum Gasteiger partial charge on any atom is -0.489 e. The normalized spacial score (nSPS) is 19.9. The van der Waals surface area contributed by atoms with Gasteiger partial charge in [0.05, 0.1) is 23.9 Å². The Morgan fingerprint density at radius 3 is 2.77 bits per heavy atom. The van der Waals surface area contributed by atoms with Crippen LogP contribution >= 0.6 is 0 Å². The molecule has 1 atom stereocenters. The highest BCUT2D eigenvalue weighted by Crippen LogP contribution is 2.22. The van der Waals surface area contributed by atoms with Gasteiger partial charge in [-0.1, -0.05) is 6.07 Å². The molecule has 4 rings (SSSR count). The molecule has 2 aromatic rings. The molecule has 0 bridgehead atoms. The fourth-order valence-electron chi connectivity index (χ4n) is 4.21. The van der Waals surface area contributed by atoms with Crippen LogP contribution in [0.3, 0.4) is 0 Å². The average Bonchev–Trinajstić information content (AvgIpc) is 3.40. The van der Waals surface area contributed by atoms with E-state index in [1.165, 1.54) is 6.26 Å². The lowest BCUT2D eigenvalue weighted by atomic mass is 10.0. The van der Waals surface area contributed by atoms with E-state index >= 15 is 0 Å². The predicted octanol–water partition coefficient (Wildman–Crippen LogP) is 2.16. The SMILES string of the molecule is CN1CCC(N2CCC(NC(=O)c3occc3COc3cccc(C#N)c3)CC2)C1=O. The zero-order valence-electron chi connectivity index (χ0n) is 17.5. The highest BCUT2D eigenvalue weighted by Gasteiger charge is 2.36. The molecule has 31 heavy (non-hydrogen) atoms. The van der Waals surface area contributed by atoms with Gasteiger partial charge in [-0.3, -0.25) is 14.5 Å². The standard InChI is InChI=1S/C23H26N4O4/c1-26-9-7-20(23(26)29)27-10-5-18(6-11-27)25-22(28)21-17(8-12-30-21)15-31-19-4-2-3-16(13-19)14-24/h2-4,8,12-13,18,20H,5-7,9-11,15H2,1H3,(H,25,28). The number of carbonyl (C=O) groups is 2. The minimum absolute atomic E-state index is 0.0185. The number of nitrogens with one attached hydrogen (secondary N) is 1. The fourth-order valence-corrected chi connectivity index (χ4v) is 4.21. The smallest absolute Gasteiger partial charge is 0.287 e. The molecule has 0 aliphatic carbocycles. The van der Waals surface area contributed by atoms with Crippen molar-refractivity contribution < 1.29 is 18.7 Å². The van der Waals surface area contributed by atoms with Gasteiger partial charge in [-0.05, 0) is 43.5 Å². The lowest BCUT2D eigenvalue weighted by molar-refractivity contribution is -0.131. The van der Waals surface area contributed by atoms with Crippen molar-refractivity contribution in [3.8, 4) is 11.8 Å². The zero-order chi connectivity index (χ0) is 21.8. The molecule has 2 aliphatic rings. The molecule has 8 heteroatoms. The van der Waals surface area contributed by atoms with Crippen molar-refractivity contribution in [3.05, 3.63) is 53.5 Å². The molecule has 1 aromatic carbocycles. The molecule has 1 unspecified atom stereocenters. The van der Waals surface area contributed by atoms with Crippen LogP contribution in [0.15, 0.2) is 41.0 Å².